The Kier molecular flexibility index (Phi) is 11.7. The predicted octanol–water partition coefficient (Wildman–Crippen LogP) is 6.52. The first-order valence-electron chi connectivity index (χ1n) is 17.7. The van der Waals surface area contributed by atoms with Crippen molar-refractivity contribution in [3.8, 4) is 17.0 Å². The van der Waals surface area contributed by atoms with Crippen molar-refractivity contribution >= 4 is 46.1 Å². The van der Waals surface area contributed by atoms with E-state index in [1.807, 2.05) is 69.9 Å². The molecule has 2 aliphatic heterocycles. The number of nitrogens with zero attached hydrogens (tertiary/aromatic N) is 3. The minimum Gasteiger partial charge on any atom is -0.497 e. The number of ether oxygens (including phenoxy) is 2. The first kappa shape index (κ1) is 37.1. The van der Waals surface area contributed by atoms with Crippen molar-refractivity contribution in [1.29, 1.82) is 0 Å². The summed E-state index contributed by atoms with van der Waals surface area (Å²) in [6.45, 7) is 11.6. The zero-order valence-corrected chi connectivity index (χ0v) is 31.0. The molecule has 2 aromatic carbocycles. The van der Waals surface area contributed by atoms with Gasteiger partial charge in [0.1, 0.15) is 11.4 Å². The van der Waals surface area contributed by atoms with E-state index in [1.165, 1.54) is 12.0 Å². The van der Waals surface area contributed by atoms with Crippen LogP contribution in [0.15, 0.2) is 42.0 Å². The molecule has 1 atom stereocenters. The molecule has 2 fully saturated rings. The van der Waals surface area contributed by atoms with Crippen LogP contribution in [0.4, 0.5) is 4.79 Å². The standard InChI is InChI=1S/C36H45N5O6S.C2H6/c1-36(2,3)47-35(44)40-16-8-15-39(17-18-40)34(43)26-19-25-20-27(46-4)12-14-28(25)32-31(23-9-6-5-7-10-23)29-13-11-24(33(42)38-48(37)45)21-30(29)41(32)22-26;1-2/h11-14,19-21,23H,5-10,15-18,22,37H2,1-4H3,(H,38,42);1-2H3. The highest BCUT2D eigenvalue weighted by Gasteiger charge is 2.33. The molecular weight excluding hydrogens is 655 g/mol. The highest BCUT2D eigenvalue weighted by Crippen LogP contribution is 2.47. The zero-order chi connectivity index (χ0) is 36.2. The minimum absolute atomic E-state index is 0.101. The normalized spacial score (nSPS) is 17.2. The average molecular weight is 706 g/mol. The zero-order valence-electron chi connectivity index (χ0n) is 30.2. The summed E-state index contributed by atoms with van der Waals surface area (Å²) in [5.41, 5.74) is 5.32. The summed E-state index contributed by atoms with van der Waals surface area (Å²) in [4.78, 5) is 43.7. The number of amides is 3. The molecule has 6 rings (SSSR count). The summed E-state index contributed by atoms with van der Waals surface area (Å²) in [5.74, 6) is 0.385. The van der Waals surface area contributed by atoms with E-state index in [9.17, 15) is 18.6 Å². The molecule has 0 bridgehead atoms. The van der Waals surface area contributed by atoms with Gasteiger partial charge >= 0.3 is 6.09 Å². The molecule has 50 heavy (non-hydrogen) atoms. The number of benzene rings is 2. The molecule has 0 radical (unpaired) electrons. The SMILES string of the molecule is CC.COc1ccc2c(c1)C=C(C(=O)N1CCCN(C(=O)OC(C)(C)C)CC1)Cn1c-2c(C2CCCCC2)c2ccc(C(=O)NS(N)=O)cc21. The first-order valence-corrected chi connectivity index (χ1v) is 18.9. The van der Waals surface area contributed by atoms with Gasteiger partial charge in [0.2, 0.25) is 0 Å². The van der Waals surface area contributed by atoms with E-state index < -0.39 is 22.7 Å². The van der Waals surface area contributed by atoms with E-state index in [0.29, 0.717) is 55.4 Å². The molecule has 0 spiro atoms. The number of nitrogens with two attached hydrogens (primary N) is 1. The van der Waals surface area contributed by atoms with Gasteiger partial charge < -0.3 is 23.8 Å². The van der Waals surface area contributed by atoms with Gasteiger partial charge in [0, 0.05) is 53.8 Å². The summed E-state index contributed by atoms with van der Waals surface area (Å²) >= 11 is -2.00. The van der Waals surface area contributed by atoms with Crippen LogP contribution in [0, 0.1) is 0 Å². The van der Waals surface area contributed by atoms with Gasteiger partial charge in [-0.3, -0.25) is 14.3 Å². The van der Waals surface area contributed by atoms with Crippen LogP contribution in [0.25, 0.3) is 28.2 Å². The molecule has 3 heterocycles. The van der Waals surface area contributed by atoms with Crippen LogP contribution in [0.3, 0.4) is 0 Å². The number of fused-ring (bicyclic) bond motifs is 5. The van der Waals surface area contributed by atoms with E-state index >= 15 is 0 Å². The molecular formula is C38H51N5O6S. The Balaban J connectivity index is 0.00000239. The lowest BCUT2D eigenvalue weighted by Crippen LogP contribution is -2.40. The lowest BCUT2D eigenvalue weighted by Gasteiger charge is -2.26. The molecule has 11 nitrogen and oxygen atoms in total. The quantitative estimate of drug-likeness (QED) is 0.310. The van der Waals surface area contributed by atoms with Gasteiger partial charge in [-0.15, -0.1) is 0 Å². The molecule has 1 aliphatic carbocycles. The molecule has 3 aliphatic rings. The molecule has 1 saturated carbocycles. The highest BCUT2D eigenvalue weighted by molar-refractivity contribution is 7.81. The average Bonchev–Trinajstić information content (AvgIpc) is 3.23. The third kappa shape index (κ3) is 8.07. The van der Waals surface area contributed by atoms with Crippen molar-refractivity contribution in [1.82, 2.24) is 19.1 Å². The Morgan fingerprint density at radius 1 is 0.920 bits per heavy atom. The van der Waals surface area contributed by atoms with Gasteiger partial charge in [0.05, 0.1) is 19.3 Å². The van der Waals surface area contributed by atoms with Crippen LogP contribution >= 0.6 is 0 Å². The Bertz CT molecular complexity index is 1800. The summed E-state index contributed by atoms with van der Waals surface area (Å²) in [5, 5.41) is 6.43. The Labute approximate surface area is 297 Å². The summed E-state index contributed by atoms with van der Waals surface area (Å²) in [7, 11) is 1.63. The second kappa shape index (κ2) is 15.8. The minimum atomic E-state index is -2.00. The largest absolute Gasteiger partial charge is 0.497 e. The van der Waals surface area contributed by atoms with Crippen molar-refractivity contribution in [2.45, 2.75) is 91.2 Å². The third-order valence-corrected chi connectivity index (χ3v) is 9.84. The lowest BCUT2D eigenvalue weighted by atomic mass is 9.81. The van der Waals surface area contributed by atoms with E-state index in [0.717, 1.165) is 53.4 Å². The lowest BCUT2D eigenvalue weighted by molar-refractivity contribution is -0.127. The molecule has 1 unspecified atom stereocenters. The van der Waals surface area contributed by atoms with Crippen LogP contribution < -0.4 is 14.6 Å². The molecule has 1 saturated heterocycles. The smallest absolute Gasteiger partial charge is 0.410 e. The van der Waals surface area contributed by atoms with Gasteiger partial charge in [0.15, 0.2) is 11.2 Å². The van der Waals surface area contributed by atoms with E-state index in [4.69, 9.17) is 14.6 Å². The molecule has 1 aromatic heterocycles. The molecule has 3 N–H and O–H groups in total. The maximum atomic E-state index is 14.4. The molecule has 3 amide bonds. The Morgan fingerprint density at radius 2 is 1.62 bits per heavy atom. The predicted molar refractivity (Wildman–Crippen MR) is 198 cm³/mol. The highest BCUT2D eigenvalue weighted by atomic mass is 32.2. The molecule has 12 heteroatoms. The maximum absolute atomic E-state index is 14.4. The van der Waals surface area contributed by atoms with Gasteiger partial charge in [-0.2, -0.15) is 0 Å². The maximum Gasteiger partial charge on any atom is 0.410 e. The molecule has 270 valence electrons. The number of rotatable bonds is 5. The summed E-state index contributed by atoms with van der Waals surface area (Å²) in [6.07, 6.45) is 7.85. The topological polar surface area (TPSA) is 136 Å². The number of methoxy groups -OCH3 is 1. The van der Waals surface area contributed by atoms with Crippen LogP contribution in [-0.4, -0.2) is 75.4 Å². The Morgan fingerprint density at radius 3 is 2.30 bits per heavy atom. The van der Waals surface area contributed by atoms with Crippen LogP contribution in [0.5, 0.6) is 5.75 Å². The van der Waals surface area contributed by atoms with Gasteiger partial charge in [0.25, 0.3) is 11.8 Å². The van der Waals surface area contributed by atoms with E-state index in [2.05, 4.69) is 15.4 Å². The first-order chi connectivity index (χ1) is 23.9. The number of nitrogens with one attached hydrogen (secondary N) is 1. The second-order valence-corrected chi connectivity index (χ2v) is 14.7. The third-order valence-electron chi connectivity index (χ3n) is 9.45. The van der Waals surface area contributed by atoms with Crippen molar-refractivity contribution in [2.24, 2.45) is 5.14 Å². The van der Waals surface area contributed by atoms with Gasteiger partial charge in [-0.25, -0.2) is 14.1 Å². The number of hydrogen-bond acceptors (Lipinski definition) is 6. The Hall–Kier alpha value is -4.16. The van der Waals surface area contributed by atoms with Gasteiger partial charge in [-0.05, 0) is 93.5 Å². The van der Waals surface area contributed by atoms with Crippen LogP contribution in [0.2, 0.25) is 0 Å². The fourth-order valence-corrected chi connectivity index (χ4v) is 7.60. The van der Waals surface area contributed by atoms with E-state index in [1.54, 1.807) is 18.1 Å². The summed E-state index contributed by atoms with van der Waals surface area (Å²) < 4.78 is 27.3. The fraction of sp³-hybridized carbons (Fsp3) is 0.500. The van der Waals surface area contributed by atoms with Crippen LogP contribution in [0.1, 0.15) is 101 Å². The molecule has 3 aromatic rings. The number of carbonyl (C=O) groups excluding carboxylic acids is 3. The van der Waals surface area contributed by atoms with Crippen molar-refractivity contribution in [3.05, 3.63) is 58.7 Å². The van der Waals surface area contributed by atoms with E-state index in [-0.39, 0.29) is 18.5 Å². The number of hydrogen-bond donors (Lipinski definition) is 2. The van der Waals surface area contributed by atoms with Crippen molar-refractivity contribution < 1.29 is 28.1 Å². The monoisotopic (exact) mass is 705 g/mol. The van der Waals surface area contributed by atoms with Crippen LogP contribution in [-0.2, 0) is 27.2 Å². The van der Waals surface area contributed by atoms with Crippen molar-refractivity contribution in [3.63, 3.8) is 0 Å². The number of aromatic nitrogens is 1. The second-order valence-electron chi connectivity index (χ2n) is 13.9. The van der Waals surface area contributed by atoms with Crippen molar-refractivity contribution in [2.75, 3.05) is 33.3 Å². The number of carbonyl (C=O) groups is 3. The fourth-order valence-electron chi connectivity index (χ4n) is 7.30. The summed E-state index contributed by atoms with van der Waals surface area (Å²) in [6, 6.07) is 11.5. The van der Waals surface area contributed by atoms with Gasteiger partial charge in [-0.1, -0.05) is 39.2 Å².